The van der Waals surface area contributed by atoms with Crippen molar-refractivity contribution in [1.29, 1.82) is 0 Å². The van der Waals surface area contributed by atoms with Crippen molar-refractivity contribution >= 4 is 0 Å². The predicted molar refractivity (Wildman–Crippen MR) is 70.5 cm³/mol. The molecular formula is C14H19N3. The maximum Gasteiger partial charge on any atom is 0.0967 e. The van der Waals surface area contributed by atoms with Gasteiger partial charge >= 0.3 is 0 Å². The average Bonchev–Trinajstić information content (AvgIpc) is 2.72. The van der Waals surface area contributed by atoms with E-state index in [0.29, 0.717) is 6.54 Å². The summed E-state index contributed by atoms with van der Waals surface area (Å²) in [7, 11) is 1.92. The number of aryl methyl sites for hydroxylation is 2. The number of nitrogens with two attached hydrogens (primary N) is 1. The molecule has 1 aromatic carbocycles. The summed E-state index contributed by atoms with van der Waals surface area (Å²) >= 11 is 0. The zero-order chi connectivity index (χ0) is 12.3. The van der Waals surface area contributed by atoms with E-state index in [4.69, 9.17) is 5.73 Å². The number of benzene rings is 1. The van der Waals surface area contributed by atoms with Crippen molar-refractivity contribution in [3.8, 4) is 11.3 Å². The molecule has 1 heterocycles. The molecule has 0 amide bonds. The van der Waals surface area contributed by atoms with Gasteiger partial charge in [0.15, 0.2) is 0 Å². The van der Waals surface area contributed by atoms with Crippen molar-refractivity contribution in [3.63, 3.8) is 0 Å². The summed E-state index contributed by atoms with van der Waals surface area (Å²) in [5.41, 5.74) is 10.3. The molecule has 0 spiro atoms. The number of hydrogen-bond acceptors (Lipinski definition) is 2. The molecule has 1 aromatic heterocycles. The van der Waals surface area contributed by atoms with Gasteiger partial charge in [0.05, 0.1) is 5.69 Å². The lowest BCUT2D eigenvalue weighted by molar-refractivity contribution is 0.769. The maximum atomic E-state index is 5.73. The second-order valence-corrected chi connectivity index (χ2v) is 4.33. The van der Waals surface area contributed by atoms with Gasteiger partial charge in [-0.15, -0.1) is 0 Å². The molecule has 2 rings (SSSR count). The van der Waals surface area contributed by atoms with Gasteiger partial charge < -0.3 is 5.73 Å². The Hall–Kier alpha value is -1.61. The van der Waals surface area contributed by atoms with Gasteiger partial charge in [0, 0.05) is 30.9 Å². The maximum absolute atomic E-state index is 5.73. The highest BCUT2D eigenvalue weighted by atomic mass is 15.3. The van der Waals surface area contributed by atoms with Crippen LogP contribution < -0.4 is 5.73 Å². The molecule has 0 aliphatic carbocycles. The predicted octanol–water partition coefficient (Wildman–Crippen LogP) is 2.50. The molecule has 0 radical (unpaired) electrons. The summed E-state index contributed by atoms with van der Waals surface area (Å²) in [4.78, 5) is 0. The van der Waals surface area contributed by atoms with E-state index < -0.39 is 0 Å². The smallest absolute Gasteiger partial charge is 0.0967 e. The van der Waals surface area contributed by atoms with Crippen LogP contribution in [-0.2, 0) is 20.0 Å². The van der Waals surface area contributed by atoms with Crippen molar-refractivity contribution in [3.05, 3.63) is 41.6 Å². The molecule has 17 heavy (non-hydrogen) atoms. The molecule has 0 saturated heterocycles. The van der Waals surface area contributed by atoms with Crippen molar-refractivity contribution in [2.75, 3.05) is 0 Å². The topological polar surface area (TPSA) is 43.8 Å². The Morgan fingerprint density at radius 2 is 1.94 bits per heavy atom. The van der Waals surface area contributed by atoms with Gasteiger partial charge in [-0.1, -0.05) is 37.6 Å². The summed E-state index contributed by atoms with van der Waals surface area (Å²) < 4.78 is 1.82. The van der Waals surface area contributed by atoms with Crippen LogP contribution in [0.1, 0.15) is 24.5 Å². The zero-order valence-corrected chi connectivity index (χ0v) is 10.5. The first-order chi connectivity index (χ1) is 8.24. The van der Waals surface area contributed by atoms with Crippen LogP contribution in [0.15, 0.2) is 30.5 Å². The van der Waals surface area contributed by atoms with Gasteiger partial charge in [0.1, 0.15) is 0 Å². The highest BCUT2D eigenvalue weighted by Crippen LogP contribution is 2.22. The summed E-state index contributed by atoms with van der Waals surface area (Å²) in [5.74, 6) is 0. The van der Waals surface area contributed by atoms with Gasteiger partial charge in [-0.25, -0.2) is 0 Å². The van der Waals surface area contributed by atoms with Gasteiger partial charge in [-0.3, -0.25) is 4.68 Å². The van der Waals surface area contributed by atoms with Crippen LogP contribution in [0.3, 0.4) is 0 Å². The first-order valence-corrected chi connectivity index (χ1v) is 6.06. The number of rotatable bonds is 4. The van der Waals surface area contributed by atoms with Crippen molar-refractivity contribution in [2.24, 2.45) is 12.8 Å². The minimum absolute atomic E-state index is 0.528. The molecule has 3 nitrogen and oxygen atoms in total. The Morgan fingerprint density at radius 3 is 2.53 bits per heavy atom. The zero-order valence-electron chi connectivity index (χ0n) is 10.5. The molecule has 0 fully saturated rings. The van der Waals surface area contributed by atoms with Gasteiger partial charge in [-0.05, 0) is 12.0 Å². The number of nitrogens with zero attached hydrogens (tertiary/aromatic N) is 2. The third-order valence-electron chi connectivity index (χ3n) is 2.89. The lowest BCUT2D eigenvalue weighted by atomic mass is 10.0. The fraction of sp³-hybridized carbons (Fsp3) is 0.357. The fourth-order valence-electron chi connectivity index (χ4n) is 2.05. The Balaban J connectivity index is 2.32. The molecule has 3 heteroatoms. The highest BCUT2D eigenvalue weighted by molar-refractivity contribution is 5.63. The first kappa shape index (κ1) is 11.9. The Kier molecular flexibility index (Phi) is 3.59. The molecular weight excluding hydrogens is 210 g/mol. The fourth-order valence-corrected chi connectivity index (χ4v) is 2.05. The second kappa shape index (κ2) is 5.15. The van der Waals surface area contributed by atoms with E-state index in [1.54, 1.807) is 0 Å². The summed E-state index contributed by atoms with van der Waals surface area (Å²) in [6.07, 6.45) is 4.29. The summed E-state index contributed by atoms with van der Waals surface area (Å²) in [6, 6.07) is 8.61. The molecule has 2 aromatic rings. The van der Waals surface area contributed by atoms with Crippen LogP contribution in [0.5, 0.6) is 0 Å². The molecule has 0 atom stereocenters. The van der Waals surface area contributed by atoms with E-state index in [1.807, 2.05) is 17.9 Å². The van der Waals surface area contributed by atoms with E-state index in [2.05, 4.69) is 36.3 Å². The van der Waals surface area contributed by atoms with E-state index in [-0.39, 0.29) is 0 Å². The summed E-state index contributed by atoms with van der Waals surface area (Å²) in [5, 5.41) is 4.46. The van der Waals surface area contributed by atoms with Crippen molar-refractivity contribution in [1.82, 2.24) is 9.78 Å². The van der Waals surface area contributed by atoms with Crippen LogP contribution in [0.4, 0.5) is 0 Å². The van der Waals surface area contributed by atoms with Crippen LogP contribution in [0.2, 0.25) is 0 Å². The van der Waals surface area contributed by atoms with Crippen LogP contribution >= 0.6 is 0 Å². The molecule has 90 valence electrons. The Labute approximate surface area is 102 Å². The van der Waals surface area contributed by atoms with Crippen molar-refractivity contribution in [2.45, 2.75) is 26.3 Å². The number of aromatic nitrogens is 2. The van der Waals surface area contributed by atoms with Gasteiger partial charge in [0.2, 0.25) is 0 Å². The molecule has 0 aliphatic rings. The molecule has 0 bridgehead atoms. The SMILES string of the molecule is CCCc1ccc(-c2nn(C)cc2CN)cc1. The minimum atomic E-state index is 0.528. The van der Waals surface area contributed by atoms with Gasteiger partial charge in [-0.2, -0.15) is 5.10 Å². The standard InChI is InChI=1S/C14H19N3/c1-3-4-11-5-7-12(8-6-11)14-13(9-15)10-17(2)16-14/h5-8,10H,3-4,9,15H2,1-2H3. The lowest BCUT2D eigenvalue weighted by Crippen LogP contribution is -1.96. The van der Waals surface area contributed by atoms with E-state index >= 15 is 0 Å². The molecule has 2 N–H and O–H groups in total. The highest BCUT2D eigenvalue weighted by Gasteiger charge is 2.08. The van der Waals surface area contributed by atoms with Crippen LogP contribution in [-0.4, -0.2) is 9.78 Å². The Morgan fingerprint density at radius 1 is 1.24 bits per heavy atom. The van der Waals surface area contributed by atoms with Crippen molar-refractivity contribution < 1.29 is 0 Å². The minimum Gasteiger partial charge on any atom is -0.326 e. The Bertz CT molecular complexity index is 483. The second-order valence-electron chi connectivity index (χ2n) is 4.33. The van der Waals surface area contributed by atoms with E-state index in [0.717, 1.165) is 23.2 Å². The van der Waals surface area contributed by atoms with Crippen LogP contribution in [0, 0.1) is 0 Å². The summed E-state index contributed by atoms with van der Waals surface area (Å²) in [6.45, 7) is 2.72. The largest absolute Gasteiger partial charge is 0.326 e. The molecule has 0 unspecified atom stereocenters. The third kappa shape index (κ3) is 2.56. The first-order valence-electron chi connectivity index (χ1n) is 6.06. The van der Waals surface area contributed by atoms with E-state index in [1.165, 1.54) is 12.0 Å². The monoisotopic (exact) mass is 229 g/mol. The van der Waals surface area contributed by atoms with Crippen LogP contribution in [0.25, 0.3) is 11.3 Å². The third-order valence-corrected chi connectivity index (χ3v) is 2.89. The van der Waals surface area contributed by atoms with Gasteiger partial charge in [0.25, 0.3) is 0 Å². The number of hydrogen-bond donors (Lipinski definition) is 1. The van der Waals surface area contributed by atoms with E-state index in [9.17, 15) is 0 Å². The molecule has 0 aliphatic heterocycles. The normalized spacial score (nSPS) is 10.8. The average molecular weight is 229 g/mol. The lowest BCUT2D eigenvalue weighted by Gasteiger charge is -2.02. The quantitative estimate of drug-likeness (QED) is 0.875. The molecule has 0 saturated carbocycles.